The van der Waals surface area contributed by atoms with E-state index in [1.54, 1.807) is 24.3 Å². The normalized spacial score (nSPS) is 14.0. The zero-order chi connectivity index (χ0) is 13.7. The van der Waals surface area contributed by atoms with E-state index in [0.29, 0.717) is 10.8 Å². The van der Waals surface area contributed by atoms with Crippen LogP contribution >= 0.6 is 11.6 Å². The van der Waals surface area contributed by atoms with Gasteiger partial charge < -0.3 is 9.84 Å². The Kier molecular flexibility index (Phi) is 4.89. The average molecular weight is 302 g/mol. The smallest absolute Gasteiger partial charge is 0.214 e. The second-order valence-electron chi connectivity index (χ2n) is 3.72. The maximum atomic E-state index is 11.7. The third-order valence-corrected chi connectivity index (χ3v) is 3.78. The molecule has 2 rings (SSSR count). The van der Waals surface area contributed by atoms with Gasteiger partial charge in [-0.2, -0.15) is 5.10 Å². The van der Waals surface area contributed by atoms with E-state index in [4.69, 9.17) is 16.3 Å². The van der Waals surface area contributed by atoms with Crippen LogP contribution in [-0.2, 0) is 10.8 Å². The summed E-state index contributed by atoms with van der Waals surface area (Å²) in [6, 6.07) is 6.77. The number of aromatic nitrogens is 3. The van der Waals surface area contributed by atoms with E-state index in [9.17, 15) is 9.32 Å². The van der Waals surface area contributed by atoms with E-state index in [1.165, 1.54) is 6.33 Å². The second kappa shape index (κ2) is 6.65. The predicted octanol–water partition coefficient (Wildman–Crippen LogP) is 1.01. The number of H-pyrrole nitrogens is 1. The van der Waals surface area contributed by atoms with E-state index in [-0.39, 0.29) is 17.5 Å². The van der Waals surface area contributed by atoms with E-state index < -0.39 is 16.9 Å². The fourth-order valence-electron chi connectivity index (χ4n) is 1.33. The molecule has 1 aromatic heterocycles. The van der Waals surface area contributed by atoms with Crippen molar-refractivity contribution < 1.29 is 14.1 Å². The first kappa shape index (κ1) is 14.0. The minimum atomic E-state index is -1.42. The molecule has 19 heavy (non-hydrogen) atoms. The topological polar surface area (TPSA) is 88.1 Å². The Balaban J connectivity index is 1.80. The van der Waals surface area contributed by atoms with Gasteiger partial charge in [0.05, 0.1) is 22.7 Å². The lowest BCUT2D eigenvalue weighted by molar-refractivity contribution is 0.125. The molecule has 8 heteroatoms. The Morgan fingerprint density at radius 3 is 2.79 bits per heavy atom. The zero-order valence-corrected chi connectivity index (χ0v) is 11.4. The van der Waals surface area contributed by atoms with E-state index >= 15 is 0 Å². The van der Waals surface area contributed by atoms with E-state index in [2.05, 4.69) is 15.2 Å². The minimum absolute atomic E-state index is 0.0305. The summed E-state index contributed by atoms with van der Waals surface area (Å²) in [5.41, 5.74) is 0. The molecule has 2 atom stereocenters. The second-order valence-corrected chi connectivity index (χ2v) is 5.57. The van der Waals surface area contributed by atoms with Crippen molar-refractivity contribution in [2.75, 3.05) is 12.4 Å². The molecular weight excluding hydrogens is 290 g/mol. The summed E-state index contributed by atoms with van der Waals surface area (Å²) in [6.07, 6.45) is 0.408. The molecule has 0 aliphatic carbocycles. The van der Waals surface area contributed by atoms with Crippen LogP contribution in [0, 0.1) is 0 Å². The van der Waals surface area contributed by atoms with Gasteiger partial charge in [-0.25, -0.2) is 4.98 Å². The molecule has 0 amide bonds. The van der Waals surface area contributed by atoms with Crippen molar-refractivity contribution in [3.8, 4) is 5.75 Å². The molecule has 0 unspecified atom stereocenters. The number of aromatic amines is 1. The Morgan fingerprint density at radius 1 is 1.42 bits per heavy atom. The van der Waals surface area contributed by atoms with Gasteiger partial charge in [-0.05, 0) is 24.3 Å². The Bertz CT molecular complexity index is 533. The van der Waals surface area contributed by atoms with Gasteiger partial charge >= 0.3 is 0 Å². The third-order valence-electron chi connectivity index (χ3n) is 2.21. The highest BCUT2D eigenvalue weighted by molar-refractivity contribution is 7.84. The Morgan fingerprint density at radius 2 is 2.16 bits per heavy atom. The van der Waals surface area contributed by atoms with Crippen molar-refractivity contribution in [2.45, 2.75) is 11.3 Å². The first-order valence-electron chi connectivity index (χ1n) is 5.45. The van der Waals surface area contributed by atoms with Gasteiger partial charge in [0.1, 0.15) is 18.7 Å². The number of nitrogens with zero attached hydrogens (tertiary/aromatic N) is 2. The van der Waals surface area contributed by atoms with Crippen molar-refractivity contribution in [2.24, 2.45) is 0 Å². The highest BCUT2D eigenvalue weighted by atomic mass is 35.5. The maximum Gasteiger partial charge on any atom is 0.214 e. The lowest BCUT2D eigenvalue weighted by Gasteiger charge is -2.11. The van der Waals surface area contributed by atoms with Crippen LogP contribution in [-0.4, -0.2) is 43.0 Å². The number of halogens is 1. The van der Waals surface area contributed by atoms with Crippen molar-refractivity contribution in [1.29, 1.82) is 0 Å². The predicted molar refractivity (Wildman–Crippen MR) is 70.6 cm³/mol. The van der Waals surface area contributed by atoms with Crippen molar-refractivity contribution >= 4 is 22.4 Å². The molecule has 0 aliphatic rings. The molecule has 0 aliphatic heterocycles. The van der Waals surface area contributed by atoms with Crippen LogP contribution in [0.3, 0.4) is 0 Å². The molecule has 0 fully saturated rings. The van der Waals surface area contributed by atoms with Gasteiger partial charge in [0, 0.05) is 5.02 Å². The molecule has 1 aromatic carbocycles. The molecule has 0 bridgehead atoms. The van der Waals surface area contributed by atoms with Crippen molar-refractivity contribution in [1.82, 2.24) is 15.2 Å². The highest BCUT2D eigenvalue weighted by Crippen LogP contribution is 2.15. The Labute approximate surface area is 117 Å². The summed E-state index contributed by atoms with van der Waals surface area (Å²) in [5, 5.41) is 16.7. The molecule has 102 valence electrons. The number of ether oxygens (including phenoxy) is 1. The molecular formula is C11H12ClN3O3S. The van der Waals surface area contributed by atoms with E-state index in [0.717, 1.165) is 0 Å². The van der Waals surface area contributed by atoms with Crippen LogP contribution in [0.2, 0.25) is 5.02 Å². The summed E-state index contributed by atoms with van der Waals surface area (Å²) in [4.78, 5) is 3.76. The monoisotopic (exact) mass is 301 g/mol. The molecule has 2 N–H and O–H groups in total. The summed E-state index contributed by atoms with van der Waals surface area (Å²) in [5.74, 6) is 0.622. The van der Waals surface area contributed by atoms with Crippen LogP contribution in [0.15, 0.2) is 35.7 Å². The molecule has 6 nitrogen and oxygen atoms in total. The first-order valence-corrected chi connectivity index (χ1v) is 7.15. The first-order chi connectivity index (χ1) is 9.15. The van der Waals surface area contributed by atoms with Gasteiger partial charge in [-0.3, -0.25) is 9.31 Å². The zero-order valence-electron chi connectivity index (χ0n) is 9.82. The standard InChI is InChI=1S/C11H12ClN3O3S/c12-8-1-3-10(4-2-8)18-5-9(16)6-19(17)11-13-7-14-15-11/h1-4,7,9,16H,5-6H2,(H,13,14,15)/t9-,19+/m0/s1. The van der Waals surface area contributed by atoms with Crippen molar-refractivity contribution in [3.05, 3.63) is 35.6 Å². The lowest BCUT2D eigenvalue weighted by Crippen LogP contribution is -2.24. The van der Waals surface area contributed by atoms with Crippen LogP contribution < -0.4 is 4.74 Å². The number of benzene rings is 1. The average Bonchev–Trinajstić information content (AvgIpc) is 2.92. The minimum Gasteiger partial charge on any atom is -0.491 e. The number of hydrogen-bond acceptors (Lipinski definition) is 5. The van der Waals surface area contributed by atoms with Gasteiger partial charge in [0.25, 0.3) is 0 Å². The quantitative estimate of drug-likeness (QED) is 0.831. The van der Waals surface area contributed by atoms with E-state index in [1.807, 2.05) is 0 Å². The number of hydrogen-bond donors (Lipinski definition) is 2. The highest BCUT2D eigenvalue weighted by Gasteiger charge is 2.14. The summed E-state index contributed by atoms with van der Waals surface area (Å²) < 4.78 is 17.1. The fraction of sp³-hybridized carbons (Fsp3) is 0.273. The number of aliphatic hydroxyl groups is 1. The third kappa shape index (κ3) is 4.30. The molecule has 0 saturated heterocycles. The number of rotatable bonds is 6. The Hall–Kier alpha value is -1.44. The molecule has 1 heterocycles. The molecule has 2 aromatic rings. The lowest BCUT2D eigenvalue weighted by atomic mass is 10.3. The van der Waals surface area contributed by atoms with Crippen LogP contribution in [0.4, 0.5) is 0 Å². The summed E-state index contributed by atoms with van der Waals surface area (Å²) >= 11 is 5.74. The molecule has 0 spiro atoms. The van der Waals surface area contributed by atoms with Crippen LogP contribution in [0.25, 0.3) is 0 Å². The fourth-order valence-corrected chi connectivity index (χ4v) is 2.38. The van der Waals surface area contributed by atoms with Crippen LogP contribution in [0.5, 0.6) is 5.75 Å². The maximum absolute atomic E-state index is 11.7. The van der Waals surface area contributed by atoms with Gasteiger partial charge in [-0.15, -0.1) is 0 Å². The molecule has 0 radical (unpaired) electrons. The van der Waals surface area contributed by atoms with Gasteiger partial charge in [0.2, 0.25) is 5.16 Å². The number of nitrogens with one attached hydrogen (secondary N) is 1. The largest absolute Gasteiger partial charge is 0.491 e. The summed E-state index contributed by atoms with van der Waals surface area (Å²) in [7, 11) is -1.42. The number of aliphatic hydroxyl groups excluding tert-OH is 1. The van der Waals surface area contributed by atoms with Crippen LogP contribution in [0.1, 0.15) is 0 Å². The van der Waals surface area contributed by atoms with Gasteiger partial charge in [0.15, 0.2) is 0 Å². The van der Waals surface area contributed by atoms with Crippen molar-refractivity contribution in [3.63, 3.8) is 0 Å². The van der Waals surface area contributed by atoms with Gasteiger partial charge in [-0.1, -0.05) is 11.6 Å². The SMILES string of the molecule is O=[S@](C[C@@H](O)COc1ccc(Cl)cc1)c1ncn[nH]1. The summed E-state index contributed by atoms with van der Waals surface area (Å²) in [6.45, 7) is 0.0432. The molecule has 0 saturated carbocycles.